The Kier molecular flexibility index (Phi) is 3.20. The Morgan fingerprint density at radius 2 is 1.91 bits per heavy atom. The summed E-state index contributed by atoms with van der Waals surface area (Å²) in [5.41, 5.74) is 3.07. The van der Waals surface area contributed by atoms with Crippen LogP contribution in [0.25, 0.3) is 0 Å². The molecule has 4 rings (SSSR count). The molecule has 23 heavy (non-hydrogen) atoms. The van der Waals surface area contributed by atoms with Gasteiger partial charge in [-0.1, -0.05) is 25.0 Å². The van der Waals surface area contributed by atoms with E-state index in [1.54, 1.807) is 5.57 Å². The number of piperidine rings is 1. The van der Waals surface area contributed by atoms with E-state index in [0.29, 0.717) is 18.4 Å². The van der Waals surface area contributed by atoms with Crippen LogP contribution >= 0.6 is 0 Å². The lowest BCUT2D eigenvalue weighted by atomic mass is 9.52. The third-order valence-corrected chi connectivity index (χ3v) is 7.72. The molecule has 1 heterocycles. The van der Waals surface area contributed by atoms with Gasteiger partial charge in [0.05, 0.1) is 5.92 Å². The van der Waals surface area contributed by atoms with Gasteiger partial charge in [0, 0.05) is 17.9 Å². The molecule has 4 heteroatoms. The van der Waals surface area contributed by atoms with Gasteiger partial charge in [-0.05, 0) is 56.3 Å². The Labute approximate surface area is 137 Å². The molecule has 0 aromatic heterocycles. The summed E-state index contributed by atoms with van der Waals surface area (Å²) in [6, 6.07) is 0.305. The number of nitrogens with one attached hydrogen (secondary N) is 1. The van der Waals surface area contributed by atoms with Gasteiger partial charge in [-0.15, -0.1) is 0 Å². The molecular formula is C19H27NO3. The number of fused-ring (bicyclic) bond motifs is 4. The first kappa shape index (κ1) is 15.2. The number of carboxylic acids is 1. The minimum absolute atomic E-state index is 0.126. The van der Waals surface area contributed by atoms with Crippen LogP contribution in [-0.2, 0) is 9.59 Å². The zero-order valence-corrected chi connectivity index (χ0v) is 14.2. The molecule has 3 fully saturated rings. The minimum Gasteiger partial charge on any atom is -0.481 e. The van der Waals surface area contributed by atoms with Crippen molar-refractivity contribution < 1.29 is 14.7 Å². The van der Waals surface area contributed by atoms with Crippen LogP contribution in [0.5, 0.6) is 0 Å². The fraction of sp³-hybridized carbons (Fsp3) is 0.789. The van der Waals surface area contributed by atoms with Crippen LogP contribution < -0.4 is 5.32 Å². The second kappa shape index (κ2) is 4.84. The Hall–Kier alpha value is -1.32. The van der Waals surface area contributed by atoms with Crippen LogP contribution in [0, 0.1) is 22.7 Å². The average molecular weight is 317 g/mol. The van der Waals surface area contributed by atoms with Crippen molar-refractivity contribution in [3.05, 3.63) is 11.1 Å². The van der Waals surface area contributed by atoms with Crippen molar-refractivity contribution in [3.63, 3.8) is 0 Å². The lowest BCUT2D eigenvalue weighted by molar-refractivity contribution is -0.145. The number of aliphatic carboxylic acids is 1. The van der Waals surface area contributed by atoms with Gasteiger partial charge in [-0.2, -0.15) is 0 Å². The standard InChI is InChI=1S/C19H27NO3/c1-18-9-7-13-11(12(18)4-5-14(18)17(22)23)3-6-15-19(13,2)10-8-16(21)20-15/h13-15H,3-10H2,1-2H3,(H,20,21)(H,22,23)/t13-,14+,15+,18-,19+/m0/s1. The molecule has 5 atom stereocenters. The fourth-order valence-corrected chi connectivity index (χ4v) is 6.34. The van der Waals surface area contributed by atoms with Crippen molar-refractivity contribution in [3.8, 4) is 0 Å². The summed E-state index contributed by atoms with van der Waals surface area (Å²) >= 11 is 0. The molecular weight excluding hydrogens is 290 g/mol. The van der Waals surface area contributed by atoms with Crippen molar-refractivity contribution in [2.75, 3.05) is 0 Å². The monoisotopic (exact) mass is 317 g/mol. The van der Waals surface area contributed by atoms with E-state index in [2.05, 4.69) is 19.2 Å². The lowest BCUT2D eigenvalue weighted by Crippen LogP contribution is -2.57. The molecule has 0 unspecified atom stereocenters. The van der Waals surface area contributed by atoms with Gasteiger partial charge >= 0.3 is 5.97 Å². The highest BCUT2D eigenvalue weighted by Crippen LogP contribution is 2.62. The summed E-state index contributed by atoms with van der Waals surface area (Å²) in [5, 5.41) is 12.8. The van der Waals surface area contributed by atoms with E-state index in [-0.39, 0.29) is 22.7 Å². The molecule has 1 saturated heterocycles. The smallest absolute Gasteiger partial charge is 0.307 e. The molecule has 3 aliphatic carbocycles. The first-order valence-electron chi connectivity index (χ1n) is 9.11. The number of allylic oxidation sites excluding steroid dienone is 2. The van der Waals surface area contributed by atoms with E-state index < -0.39 is 5.97 Å². The number of carbonyl (C=O) groups excluding carboxylic acids is 1. The highest BCUT2D eigenvalue weighted by Gasteiger charge is 2.56. The van der Waals surface area contributed by atoms with Crippen molar-refractivity contribution in [1.82, 2.24) is 5.32 Å². The SMILES string of the molecule is C[C@]12CCC(=O)N[C@@H]1CCC1=C3CC[C@H](C(=O)O)[C@@]3(C)CC[C@@H]12. The minimum atomic E-state index is -0.619. The topological polar surface area (TPSA) is 66.4 Å². The predicted octanol–water partition coefficient (Wildman–Crippen LogP) is 3.27. The van der Waals surface area contributed by atoms with Crippen LogP contribution in [0.15, 0.2) is 11.1 Å². The van der Waals surface area contributed by atoms with Crippen LogP contribution in [0.4, 0.5) is 0 Å². The molecule has 1 amide bonds. The quantitative estimate of drug-likeness (QED) is 0.729. The van der Waals surface area contributed by atoms with Gasteiger partial charge in [0.2, 0.25) is 5.91 Å². The number of rotatable bonds is 1. The first-order valence-corrected chi connectivity index (χ1v) is 9.11. The van der Waals surface area contributed by atoms with Crippen molar-refractivity contribution in [1.29, 1.82) is 0 Å². The summed E-state index contributed by atoms with van der Waals surface area (Å²) in [7, 11) is 0. The van der Waals surface area contributed by atoms with E-state index in [9.17, 15) is 14.7 Å². The Morgan fingerprint density at radius 3 is 2.65 bits per heavy atom. The van der Waals surface area contributed by atoms with Crippen molar-refractivity contribution in [2.24, 2.45) is 22.7 Å². The molecule has 0 aromatic carbocycles. The summed E-state index contributed by atoms with van der Waals surface area (Å²) in [6.45, 7) is 4.54. The number of carboxylic acid groups (broad SMARTS) is 1. The molecule has 0 radical (unpaired) electrons. The second-order valence-electron chi connectivity index (χ2n) is 8.61. The summed E-state index contributed by atoms with van der Waals surface area (Å²) in [5.74, 6) is -0.0811. The van der Waals surface area contributed by atoms with Gasteiger partial charge in [0.25, 0.3) is 0 Å². The fourth-order valence-electron chi connectivity index (χ4n) is 6.34. The molecule has 4 aliphatic rings. The first-order chi connectivity index (χ1) is 10.9. The van der Waals surface area contributed by atoms with Crippen molar-refractivity contribution in [2.45, 2.75) is 71.3 Å². The van der Waals surface area contributed by atoms with Crippen LogP contribution in [0.3, 0.4) is 0 Å². The zero-order chi connectivity index (χ0) is 16.4. The van der Waals surface area contributed by atoms with E-state index in [0.717, 1.165) is 44.9 Å². The molecule has 126 valence electrons. The second-order valence-corrected chi connectivity index (χ2v) is 8.61. The summed E-state index contributed by atoms with van der Waals surface area (Å²) in [6.07, 6.45) is 7.52. The third kappa shape index (κ3) is 1.96. The van der Waals surface area contributed by atoms with E-state index in [1.165, 1.54) is 5.57 Å². The summed E-state index contributed by atoms with van der Waals surface area (Å²) < 4.78 is 0. The van der Waals surface area contributed by atoms with Gasteiger partial charge in [0.1, 0.15) is 0 Å². The van der Waals surface area contributed by atoms with Gasteiger partial charge in [0.15, 0.2) is 0 Å². The molecule has 0 bridgehead atoms. The molecule has 1 aliphatic heterocycles. The maximum Gasteiger partial charge on any atom is 0.307 e. The Morgan fingerprint density at radius 1 is 1.13 bits per heavy atom. The van der Waals surface area contributed by atoms with Crippen molar-refractivity contribution >= 4 is 11.9 Å². The molecule has 2 N–H and O–H groups in total. The van der Waals surface area contributed by atoms with Gasteiger partial charge in [-0.3, -0.25) is 9.59 Å². The van der Waals surface area contributed by atoms with E-state index in [1.807, 2.05) is 0 Å². The molecule has 4 nitrogen and oxygen atoms in total. The zero-order valence-electron chi connectivity index (χ0n) is 14.2. The Bertz CT molecular complexity index is 610. The number of amides is 1. The van der Waals surface area contributed by atoms with Crippen LogP contribution in [-0.4, -0.2) is 23.0 Å². The predicted molar refractivity (Wildman–Crippen MR) is 86.7 cm³/mol. The number of carbonyl (C=O) groups is 2. The van der Waals surface area contributed by atoms with Crippen LogP contribution in [0.1, 0.15) is 65.2 Å². The van der Waals surface area contributed by atoms with Gasteiger partial charge in [-0.25, -0.2) is 0 Å². The molecule has 2 saturated carbocycles. The van der Waals surface area contributed by atoms with Crippen LogP contribution in [0.2, 0.25) is 0 Å². The lowest BCUT2D eigenvalue weighted by Gasteiger charge is -2.55. The van der Waals surface area contributed by atoms with Gasteiger partial charge < -0.3 is 10.4 Å². The maximum absolute atomic E-state index is 11.8. The number of hydrogen-bond donors (Lipinski definition) is 2. The highest BCUT2D eigenvalue weighted by molar-refractivity contribution is 5.77. The van der Waals surface area contributed by atoms with E-state index in [4.69, 9.17) is 0 Å². The largest absolute Gasteiger partial charge is 0.481 e. The average Bonchev–Trinajstić information content (AvgIpc) is 2.85. The molecule has 0 aromatic rings. The summed E-state index contributed by atoms with van der Waals surface area (Å²) in [4.78, 5) is 23.5. The number of hydrogen-bond acceptors (Lipinski definition) is 2. The Balaban J connectivity index is 1.73. The molecule has 0 spiro atoms. The normalized spacial score (nSPS) is 45.8. The highest BCUT2D eigenvalue weighted by atomic mass is 16.4. The maximum atomic E-state index is 11.8. The van der Waals surface area contributed by atoms with E-state index >= 15 is 0 Å². The third-order valence-electron chi connectivity index (χ3n) is 7.72.